The molecule has 0 aliphatic carbocycles. The van der Waals surface area contributed by atoms with E-state index < -0.39 is 45.8 Å². The van der Waals surface area contributed by atoms with Gasteiger partial charge in [0.25, 0.3) is 6.17 Å². The highest BCUT2D eigenvalue weighted by Crippen LogP contribution is 2.47. The van der Waals surface area contributed by atoms with Crippen LogP contribution in [0.4, 0.5) is 26.3 Å². The molecule has 0 radical (unpaired) electrons. The van der Waals surface area contributed by atoms with Gasteiger partial charge in [0, 0.05) is 6.07 Å². The summed E-state index contributed by atoms with van der Waals surface area (Å²) in [6.45, 7) is 0. The molecule has 0 saturated carbocycles. The second-order valence-electron chi connectivity index (χ2n) is 3.22. The first-order chi connectivity index (χ1) is 8.04. The Morgan fingerprint density at radius 1 is 1.06 bits per heavy atom. The summed E-state index contributed by atoms with van der Waals surface area (Å²) in [7, 11) is 0. The Kier molecular flexibility index (Phi) is 3.94. The van der Waals surface area contributed by atoms with E-state index in [1.807, 2.05) is 0 Å². The van der Waals surface area contributed by atoms with Crippen molar-refractivity contribution >= 4 is 11.8 Å². The highest BCUT2D eigenvalue weighted by molar-refractivity contribution is 8.00. The second-order valence-corrected chi connectivity index (χ2v) is 4.41. The molecule has 1 rings (SSSR count). The monoisotopic (exact) mass is 292 g/mol. The summed E-state index contributed by atoms with van der Waals surface area (Å²) in [6, 6.07) is 2.28. The summed E-state index contributed by atoms with van der Waals surface area (Å²) in [5.41, 5.74) is 0. The number of alkyl halides is 6. The largest absolute Gasteiger partial charge is 0.508 e. The van der Waals surface area contributed by atoms with Crippen LogP contribution in [0.1, 0.15) is 0 Å². The molecule has 2 N–H and O–H groups in total. The maximum atomic E-state index is 13.0. The first-order valence-corrected chi connectivity index (χ1v) is 5.15. The van der Waals surface area contributed by atoms with Crippen molar-refractivity contribution in [2.24, 2.45) is 0 Å². The van der Waals surface area contributed by atoms with Gasteiger partial charge in [0.2, 0.25) is 0 Å². The predicted molar refractivity (Wildman–Crippen MR) is 51.5 cm³/mol. The Morgan fingerprint density at radius 2 is 1.61 bits per heavy atom. The van der Waals surface area contributed by atoms with Crippen LogP contribution >= 0.6 is 11.8 Å². The molecule has 0 aliphatic rings. The molecular formula is C9H6F6O2S. The molecule has 0 fully saturated rings. The predicted octanol–water partition coefficient (Wildman–Crippen LogP) is 3.68. The lowest BCUT2D eigenvalue weighted by Crippen LogP contribution is -2.39. The van der Waals surface area contributed by atoms with E-state index >= 15 is 0 Å². The zero-order valence-electron chi connectivity index (χ0n) is 8.38. The lowest BCUT2D eigenvalue weighted by atomic mass is 10.3. The van der Waals surface area contributed by atoms with E-state index in [1.54, 1.807) is 0 Å². The quantitative estimate of drug-likeness (QED) is 0.659. The Balaban J connectivity index is 2.95. The zero-order chi connectivity index (χ0) is 14.1. The molecule has 0 aromatic heterocycles. The van der Waals surface area contributed by atoms with E-state index in [0.29, 0.717) is 6.07 Å². The fourth-order valence-corrected chi connectivity index (χ4v) is 1.81. The van der Waals surface area contributed by atoms with Gasteiger partial charge in [0.05, 0.1) is 4.90 Å². The summed E-state index contributed by atoms with van der Waals surface area (Å²) in [5.74, 6) is -1.33. The van der Waals surface area contributed by atoms with Gasteiger partial charge in [-0.25, -0.2) is 4.39 Å². The van der Waals surface area contributed by atoms with Crippen LogP contribution in [0.15, 0.2) is 23.1 Å². The molecular weight excluding hydrogens is 286 g/mol. The lowest BCUT2D eigenvalue weighted by Gasteiger charge is -2.22. The highest BCUT2D eigenvalue weighted by atomic mass is 32.2. The van der Waals surface area contributed by atoms with Crippen LogP contribution in [0.5, 0.6) is 11.5 Å². The summed E-state index contributed by atoms with van der Waals surface area (Å²) in [4.78, 5) is -0.676. The van der Waals surface area contributed by atoms with Crippen LogP contribution in [0.3, 0.4) is 0 Å². The molecule has 18 heavy (non-hydrogen) atoms. The molecule has 102 valence electrons. The van der Waals surface area contributed by atoms with Crippen LogP contribution in [0.2, 0.25) is 0 Å². The van der Waals surface area contributed by atoms with E-state index in [-0.39, 0.29) is 0 Å². The molecule has 0 bridgehead atoms. The van der Waals surface area contributed by atoms with Crippen molar-refractivity contribution in [2.75, 3.05) is 0 Å². The average Bonchev–Trinajstić information content (AvgIpc) is 2.20. The zero-order valence-corrected chi connectivity index (χ0v) is 9.20. The number of aromatic hydroxyl groups is 2. The third-order valence-electron chi connectivity index (χ3n) is 1.77. The minimum absolute atomic E-state index is 0.465. The van der Waals surface area contributed by atoms with E-state index in [1.165, 1.54) is 0 Å². The van der Waals surface area contributed by atoms with Crippen LogP contribution in [0.25, 0.3) is 0 Å². The van der Waals surface area contributed by atoms with Crippen LogP contribution in [-0.2, 0) is 0 Å². The van der Waals surface area contributed by atoms with E-state index in [0.717, 1.165) is 12.1 Å². The van der Waals surface area contributed by atoms with E-state index in [4.69, 9.17) is 10.2 Å². The van der Waals surface area contributed by atoms with Crippen molar-refractivity contribution in [1.29, 1.82) is 0 Å². The molecule has 1 unspecified atom stereocenters. The van der Waals surface area contributed by atoms with Crippen molar-refractivity contribution in [1.82, 2.24) is 0 Å². The summed E-state index contributed by atoms with van der Waals surface area (Å²) in [6.07, 6.45) is -10.1. The SMILES string of the molecule is Oc1ccc(SC(F)(F)C(F)C(F)(F)F)c(O)c1. The van der Waals surface area contributed by atoms with Crippen molar-refractivity contribution < 1.29 is 36.6 Å². The summed E-state index contributed by atoms with van der Waals surface area (Å²) >= 11 is -0.773. The molecule has 2 nitrogen and oxygen atoms in total. The van der Waals surface area contributed by atoms with Gasteiger partial charge in [-0.2, -0.15) is 22.0 Å². The lowest BCUT2D eigenvalue weighted by molar-refractivity contribution is -0.219. The van der Waals surface area contributed by atoms with Gasteiger partial charge in [-0.3, -0.25) is 0 Å². The van der Waals surface area contributed by atoms with Gasteiger partial charge in [0.1, 0.15) is 11.5 Å². The number of phenols is 2. The smallest absolute Gasteiger partial charge is 0.426 e. The number of hydrogen-bond donors (Lipinski definition) is 2. The molecule has 1 aromatic carbocycles. The van der Waals surface area contributed by atoms with Crippen molar-refractivity contribution in [2.45, 2.75) is 22.5 Å². The number of hydrogen-bond acceptors (Lipinski definition) is 3. The molecule has 1 aromatic rings. The Hall–Kier alpha value is -1.25. The minimum atomic E-state index is -5.71. The topological polar surface area (TPSA) is 40.5 Å². The number of thioether (sulfide) groups is 1. The van der Waals surface area contributed by atoms with Gasteiger partial charge in [-0.15, -0.1) is 0 Å². The van der Waals surface area contributed by atoms with Crippen molar-refractivity contribution in [3.05, 3.63) is 18.2 Å². The Morgan fingerprint density at radius 3 is 2.06 bits per heavy atom. The Bertz CT molecular complexity index is 434. The number of halogens is 6. The van der Waals surface area contributed by atoms with Gasteiger partial charge in [-0.05, 0) is 23.9 Å². The van der Waals surface area contributed by atoms with Gasteiger partial charge >= 0.3 is 11.4 Å². The third-order valence-corrected chi connectivity index (χ3v) is 2.82. The molecule has 0 spiro atoms. The van der Waals surface area contributed by atoms with Crippen molar-refractivity contribution in [3.8, 4) is 11.5 Å². The first kappa shape index (κ1) is 14.8. The highest BCUT2D eigenvalue weighted by Gasteiger charge is 2.57. The molecule has 0 saturated heterocycles. The fraction of sp³-hybridized carbons (Fsp3) is 0.333. The number of rotatable bonds is 3. The van der Waals surface area contributed by atoms with Crippen LogP contribution in [0, 0.1) is 0 Å². The maximum Gasteiger partial charge on any atom is 0.426 e. The average molecular weight is 292 g/mol. The fourth-order valence-electron chi connectivity index (χ4n) is 0.981. The van der Waals surface area contributed by atoms with E-state index in [2.05, 4.69) is 0 Å². The Labute approximate surface area is 101 Å². The standard InChI is InChI=1S/C9H6F6O2S/c10-7(8(11,12)13)9(14,15)18-6-2-1-4(16)3-5(6)17/h1-3,7,16-17H. The number of phenolic OH excluding ortho intramolecular Hbond substituents is 2. The first-order valence-electron chi connectivity index (χ1n) is 4.33. The van der Waals surface area contributed by atoms with Gasteiger partial charge in [0.15, 0.2) is 0 Å². The summed E-state index contributed by atoms with van der Waals surface area (Å²) < 4.78 is 74.0. The second kappa shape index (κ2) is 4.79. The van der Waals surface area contributed by atoms with Gasteiger partial charge < -0.3 is 10.2 Å². The maximum absolute atomic E-state index is 13.0. The van der Waals surface area contributed by atoms with Crippen LogP contribution in [-0.4, -0.2) is 27.8 Å². The number of benzene rings is 1. The van der Waals surface area contributed by atoms with Crippen LogP contribution < -0.4 is 0 Å². The van der Waals surface area contributed by atoms with E-state index in [9.17, 15) is 26.3 Å². The van der Waals surface area contributed by atoms with Crippen molar-refractivity contribution in [3.63, 3.8) is 0 Å². The molecule has 0 amide bonds. The minimum Gasteiger partial charge on any atom is -0.508 e. The molecule has 0 heterocycles. The van der Waals surface area contributed by atoms with Gasteiger partial charge in [-0.1, -0.05) is 0 Å². The third kappa shape index (κ3) is 3.37. The summed E-state index contributed by atoms with van der Waals surface area (Å²) in [5, 5.41) is 13.2. The normalized spacial score (nSPS) is 14.6. The molecule has 9 heteroatoms. The molecule has 0 aliphatic heterocycles. The molecule has 1 atom stereocenters.